The largest absolute Gasteiger partial charge is 0.437 e. The molecule has 0 bridgehead atoms. The Labute approximate surface area is 117 Å². The van der Waals surface area contributed by atoms with Crippen LogP contribution >= 0.6 is 0 Å². The van der Waals surface area contributed by atoms with E-state index in [0.717, 1.165) is 0 Å². The molecular weight excluding hydrogens is 258 g/mol. The number of esters is 2. The molecule has 0 aromatic rings. The van der Waals surface area contributed by atoms with E-state index in [4.69, 9.17) is 21.6 Å². The highest BCUT2D eigenvalue weighted by molar-refractivity contribution is 5.89. The monoisotopic (exact) mass is 271 g/mol. The molecule has 5 heteroatoms. The summed E-state index contributed by atoms with van der Waals surface area (Å²) >= 11 is 0. The highest BCUT2D eigenvalue weighted by atomic mass is 16.6. The third-order valence-corrected chi connectivity index (χ3v) is 1.62. The number of nitrogens with two attached hydrogens (primary N) is 1. The van der Waals surface area contributed by atoms with E-state index in [0.29, 0.717) is 0 Å². The molecule has 0 aromatic carbocycles. The van der Waals surface area contributed by atoms with E-state index < -0.39 is 18.2 Å². The normalized spacial score (nSPS) is 10.1. The predicted octanol–water partition coefficient (Wildman–Crippen LogP) is 0.478. The molecule has 0 aliphatic heterocycles. The number of carbonyl (C=O) groups excluding carboxylic acids is 2. The first kappa shape index (κ1) is 17.1. The molecule has 0 heterocycles. The van der Waals surface area contributed by atoms with Gasteiger partial charge >= 0.3 is 11.9 Å². The summed E-state index contributed by atoms with van der Waals surface area (Å²) in [5, 5.41) is 0. The average molecular weight is 271 g/mol. The maximum Gasteiger partial charge on any atom is 0.389 e. The Morgan fingerprint density at radius 2 is 2.10 bits per heavy atom. The Hall–Kier alpha value is -2.94. The molecule has 0 aliphatic rings. The van der Waals surface area contributed by atoms with Crippen LogP contribution in [0.5, 0.6) is 0 Å². The molecule has 102 valence electrons. The lowest BCUT2D eigenvalue weighted by atomic mass is 10.3. The quantitative estimate of drug-likeness (QED) is 0.196. The van der Waals surface area contributed by atoms with Gasteiger partial charge in [-0.3, -0.25) is 5.73 Å². The standard InChI is InChI=1S/C15H13NO4/c1-4-6-11-15(18)20-13(16)10-7-9-12(3)19-14(17)8-5-2/h1,7,9,13H,3,10,16H2,2H3/b9-7-. The Kier molecular flexibility index (Phi) is 8.55. The first-order chi connectivity index (χ1) is 9.49. The van der Waals surface area contributed by atoms with Crippen LogP contribution in [-0.2, 0) is 19.1 Å². The lowest BCUT2D eigenvalue weighted by Crippen LogP contribution is -2.25. The number of terminal acetylenes is 1. The molecule has 0 amide bonds. The van der Waals surface area contributed by atoms with Crippen LogP contribution in [0.1, 0.15) is 13.3 Å². The molecule has 1 unspecified atom stereocenters. The smallest absolute Gasteiger partial charge is 0.389 e. The number of allylic oxidation sites excluding steroid dienone is 1. The van der Waals surface area contributed by atoms with Gasteiger partial charge in [-0.2, -0.15) is 0 Å². The number of hydrogen-bond donors (Lipinski definition) is 1. The maximum absolute atomic E-state index is 11.0. The second-order valence-corrected chi connectivity index (χ2v) is 3.21. The molecular formula is C15H13NO4. The summed E-state index contributed by atoms with van der Waals surface area (Å²) in [5.74, 6) is 9.29. The lowest BCUT2D eigenvalue weighted by Gasteiger charge is -2.07. The predicted molar refractivity (Wildman–Crippen MR) is 73.1 cm³/mol. The number of carbonyl (C=O) groups is 2. The zero-order valence-corrected chi connectivity index (χ0v) is 10.9. The van der Waals surface area contributed by atoms with E-state index in [-0.39, 0.29) is 12.2 Å². The van der Waals surface area contributed by atoms with E-state index in [1.54, 1.807) is 0 Å². The van der Waals surface area contributed by atoms with Crippen molar-refractivity contribution in [2.75, 3.05) is 0 Å². The van der Waals surface area contributed by atoms with Gasteiger partial charge < -0.3 is 9.47 Å². The minimum atomic E-state index is -0.884. The van der Waals surface area contributed by atoms with Crippen molar-refractivity contribution >= 4 is 11.9 Å². The van der Waals surface area contributed by atoms with Crippen LogP contribution < -0.4 is 5.73 Å². The topological polar surface area (TPSA) is 78.6 Å². The number of ether oxygens (including phenoxy) is 2. The van der Waals surface area contributed by atoms with Gasteiger partial charge in [-0.05, 0) is 24.8 Å². The minimum absolute atomic E-state index is 0.100. The third-order valence-electron chi connectivity index (χ3n) is 1.62. The van der Waals surface area contributed by atoms with Crippen molar-refractivity contribution in [1.82, 2.24) is 0 Å². The van der Waals surface area contributed by atoms with Gasteiger partial charge in [-0.25, -0.2) is 9.59 Å². The molecule has 0 rings (SSSR count). The lowest BCUT2D eigenvalue weighted by molar-refractivity contribution is -0.141. The third kappa shape index (κ3) is 9.13. The van der Waals surface area contributed by atoms with Crippen molar-refractivity contribution in [3.8, 4) is 36.0 Å². The summed E-state index contributed by atoms with van der Waals surface area (Å²) in [6, 6.07) is 0. The fourth-order valence-corrected chi connectivity index (χ4v) is 0.916. The van der Waals surface area contributed by atoms with Crippen LogP contribution in [0.4, 0.5) is 0 Å². The average Bonchev–Trinajstić information content (AvgIpc) is 2.36. The first-order valence-corrected chi connectivity index (χ1v) is 5.42. The van der Waals surface area contributed by atoms with Crippen LogP contribution in [0.2, 0.25) is 0 Å². The van der Waals surface area contributed by atoms with Crippen molar-refractivity contribution in [1.29, 1.82) is 0 Å². The fraction of sp³-hybridized carbons (Fsp3) is 0.200. The minimum Gasteiger partial charge on any atom is -0.437 e. The molecule has 0 aromatic heterocycles. The number of hydrogen-bond acceptors (Lipinski definition) is 5. The maximum atomic E-state index is 11.0. The van der Waals surface area contributed by atoms with Gasteiger partial charge in [-0.1, -0.05) is 18.6 Å². The molecule has 1 atom stereocenters. The van der Waals surface area contributed by atoms with Crippen molar-refractivity contribution < 1.29 is 19.1 Å². The highest BCUT2D eigenvalue weighted by Crippen LogP contribution is 2.00. The summed E-state index contributed by atoms with van der Waals surface area (Å²) < 4.78 is 9.43. The molecule has 0 fully saturated rings. The van der Waals surface area contributed by atoms with Crippen molar-refractivity contribution in [3.05, 3.63) is 24.5 Å². The van der Waals surface area contributed by atoms with E-state index in [1.807, 2.05) is 11.8 Å². The van der Waals surface area contributed by atoms with E-state index in [1.165, 1.54) is 19.1 Å². The van der Waals surface area contributed by atoms with Gasteiger partial charge in [0.2, 0.25) is 0 Å². The molecule has 2 N–H and O–H groups in total. The van der Waals surface area contributed by atoms with Crippen LogP contribution in [-0.4, -0.2) is 18.2 Å². The van der Waals surface area contributed by atoms with Gasteiger partial charge in [0.05, 0.1) is 0 Å². The second-order valence-electron chi connectivity index (χ2n) is 3.21. The van der Waals surface area contributed by atoms with Gasteiger partial charge in [-0.15, -0.1) is 6.42 Å². The van der Waals surface area contributed by atoms with Gasteiger partial charge in [0.25, 0.3) is 0 Å². The Morgan fingerprint density at radius 3 is 2.70 bits per heavy atom. The van der Waals surface area contributed by atoms with Gasteiger partial charge in [0.1, 0.15) is 5.76 Å². The zero-order valence-electron chi connectivity index (χ0n) is 10.9. The number of rotatable bonds is 5. The summed E-state index contributed by atoms with van der Waals surface area (Å²) in [7, 11) is 0. The van der Waals surface area contributed by atoms with Crippen LogP contribution in [0, 0.1) is 36.0 Å². The zero-order chi connectivity index (χ0) is 15.4. The van der Waals surface area contributed by atoms with Gasteiger partial charge in [0.15, 0.2) is 6.23 Å². The van der Waals surface area contributed by atoms with Gasteiger partial charge in [0, 0.05) is 18.3 Å². The van der Waals surface area contributed by atoms with Crippen LogP contribution in [0.15, 0.2) is 24.5 Å². The second kappa shape index (κ2) is 10.0. The Bertz CT molecular complexity index is 573. The fourth-order valence-electron chi connectivity index (χ4n) is 0.916. The van der Waals surface area contributed by atoms with Crippen molar-refractivity contribution in [2.24, 2.45) is 5.73 Å². The molecule has 0 spiro atoms. The molecule has 5 nitrogen and oxygen atoms in total. The summed E-state index contributed by atoms with van der Waals surface area (Å²) in [4.78, 5) is 22.0. The molecule has 0 saturated heterocycles. The Morgan fingerprint density at radius 1 is 1.40 bits per heavy atom. The van der Waals surface area contributed by atoms with Crippen LogP contribution in [0.3, 0.4) is 0 Å². The van der Waals surface area contributed by atoms with E-state index in [9.17, 15) is 9.59 Å². The molecule has 0 radical (unpaired) electrons. The van der Waals surface area contributed by atoms with E-state index in [2.05, 4.69) is 24.3 Å². The summed E-state index contributed by atoms with van der Waals surface area (Å²) in [6.07, 6.45) is 7.10. The first-order valence-electron chi connectivity index (χ1n) is 5.42. The van der Waals surface area contributed by atoms with E-state index >= 15 is 0 Å². The van der Waals surface area contributed by atoms with Crippen LogP contribution in [0.25, 0.3) is 0 Å². The molecule has 0 aliphatic carbocycles. The highest BCUT2D eigenvalue weighted by Gasteiger charge is 2.05. The Balaban J connectivity index is 4.14. The SMILES string of the molecule is C#CC#CC(=O)OC(N)C/C=C\C(=C)OC(=O)C#CC. The molecule has 0 saturated carbocycles. The summed E-state index contributed by atoms with van der Waals surface area (Å²) in [5.41, 5.74) is 5.51. The van der Waals surface area contributed by atoms with Crippen molar-refractivity contribution in [3.63, 3.8) is 0 Å². The molecule has 20 heavy (non-hydrogen) atoms. The van der Waals surface area contributed by atoms with Crippen molar-refractivity contribution in [2.45, 2.75) is 19.6 Å². The summed E-state index contributed by atoms with van der Waals surface area (Å²) in [6.45, 7) is 4.99.